The Hall–Kier alpha value is -1.92. The fourth-order valence-electron chi connectivity index (χ4n) is 2.41. The van der Waals surface area contributed by atoms with Gasteiger partial charge in [0.2, 0.25) is 0 Å². The minimum atomic E-state index is -0.182. The molecule has 1 aliphatic rings. The van der Waals surface area contributed by atoms with Gasteiger partial charge < -0.3 is 15.0 Å². The van der Waals surface area contributed by atoms with E-state index in [1.54, 1.807) is 6.20 Å². The number of nitrogens with one attached hydrogen (secondary N) is 2. The SMILES string of the molecule is C/C=C(\C=C/CNC(=O)c1nc(C)c[nH]1)CCN1CCOCC1. The van der Waals surface area contributed by atoms with Crippen LogP contribution in [0.4, 0.5) is 0 Å². The third kappa shape index (κ3) is 6.00. The minimum Gasteiger partial charge on any atom is -0.379 e. The summed E-state index contributed by atoms with van der Waals surface area (Å²) in [5.74, 6) is 0.174. The third-order valence-electron chi connectivity index (χ3n) is 3.82. The second-order valence-corrected chi connectivity index (χ2v) is 5.57. The Balaban J connectivity index is 1.69. The van der Waals surface area contributed by atoms with Crippen molar-refractivity contribution in [2.45, 2.75) is 20.3 Å². The van der Waals surface area contributed by atoms with Crippen molar-refractivity contribution in [1.29, 1.82) is 0 Å². The van der Waals surface area contributed by atoms with E-state index in [4.69, 9.17) is 4.74 Å². The molecule has 0 unspecified atom stereocenters. The van der Waals surface area contributed by atoms with Gasteiger partial charge in [-0.15, -0.1) is 0 Å². The fourth-order valence-corrected chi connectivity index (χ4v) is 2.41. The first-order valence-electron chi connectivity index (χ1n) is 8.11. The number of allylic oxidation sites excluding steroid dienone is 2. The molecule has 0 spiro atoms. The summed E-state index contributed by atoms with van der Waals surface area (Å²) < 4.78 is 5.35. The molecule has 1 amide bonds. The normalized spacial score (nSPS) is 16.9. The standard InChI is InChI=1S/C17H26N4O2/c1-3-15(6-8-21-9-11-23-12-10-21)5-4-7-18-17(22)16-19-13-14(2)20-16/h3-5,13H,6-12H2,1-2H3,(H,18,22)(H,19,20)/b5-4-,15-3+. The van der Waals surface area contributed by atoms with E-state index >= 15 is 0 Å². The van der Waals surface area contributed by atoms with Crippen LogP contribution in [-0.2, 0) is 4.74 Å². The molecule has 0 saturated carbocycles. The highest BCUT2D eigenvalue weighted by Crippen LogP contribution is 2.07. The minimum absolute atomic E-state index is 0.182. The van der Waals surface area contributed by atoms with Crippen LogP contribution in [0.1, 0.15) is 29.7 Å². The van der Waals surface area contributed by atoms with Gasteiger partial charge in [-0.2, -0.15) is 0 Å². The number of imidazole rings is 1. The lowest BCUT2D eigenvalue weighted by Gasteiger charge is -2.26. The van der Waals surface area contributed by atoms with Crippen LogP contribution in [0.5, 0.6) is 0 Å². The molecule has 0 aromatic carbocycles. The summed E-state index contributed by atoms with van der Waals surface area (Å²) in [6.07, 6.45) is 8.90. The summed E-state index contributed by atoms with van der Waals surface area (Å²) >= 11 is 0. The summed E-state index contributed by atoms with van der Waals surface area (Å²) in [6.45, 7) is 9.12. The second-order valence-electron chi connectivity index (χ2n) is 5.57. The average molecular weight is 318 g/mol. The van der Waals surface area contributed by atoms with Gasteiger partial charge in [0.25, 0.3) is 5.91 Å². The van der Waals surface area contributed by atoms with Gasteiger partial charge in [0, 0.05) is 32.4 Å². The molecule has 0 atom stereocenters. The summed E-state index contributed by atoms with van der Waals surface area (Å²) in [5.41, 5.74) is 2.09. The molecule has 1 saturated heterocycles. The Morgan fingerprint density at radius 1 is 1.48 bits per heavy atom. The zero-order chi connectivity index (χ0) is 16.5. The van der Waals surface area contributed by atoms with Crippen molar-refractivity contribution in [3.63, 3.8) is 0 Å². The lowest BCUT2D eigenvalue weighted by atomic mass is 10.1. The Bertz CT molecular complexity index is 557. The Morgan fingerprint density at radius 3 is 2.91 bits per heavy atom. The zero-order valence-electron chi connectivity index (χ0n) is 14.0. The number of amides is 1. The number of carbonyl (C=O) groups excluding carboxylic acids is 1. The van der Waals surface area contributed by atoms with Crippen LogP contribution in [-0.4, -0.2) is 60.2 Å². The number of aromatic amines is 1. The number of carbonyl (C=O) groups is 1. The Labute approximate surface area is 137 Å². The van der Waals surface area contributed by atoms with E-state index in [1.165, 1.54) is 5.57 Å². The van der Waals surface area contributed by atoms with Crippen molar-refractivity contribution in [3.05, 3.63) is 41.5 Å². The molecule has 1 aromatic rings. The number of hydrogen-bond acceptors (Lipinski definition) is 4. The maximum Gasteiger partial charge on any atom is 0.287 e. The van der Waals surface area contributed by atoms with E-state index in [1.807, 2.05) is 19.9 Å². The van der Waals surface area contributed by atoms with Crippen molar-refractivity contribution in [2.75, 3.05) is 39.4 Å². The molecule has 1 aromatic heterocycles. The molecule has 2 N–H and O–H groups in total. The largest absolute Gasteiger partial charge is 0.379 e. The van der Waals surface area contributed by atoms with Gasteiger partial charge in [0.1, 0.15) is 0 Å². The highest BCUT2D eigenvalue weighted by atomic mass is 16.5. The maximum atomic E-state index is 11.8. The number of aryl methyl sites for hydroxylation is 1. The topological polar surface area (TPSA) is 70.2 Å². The van der Waals surface area contributed by atoms with E-state index in [0.717, 1.165) is 45.0 Å². The van der Waals surface area contributed by atoms with Crippen molar-refractivity contribution in [3.8, 4) is 0 Å². The number of nitrogens with zero attached hydrogens (tertiary/aromatic N) is 2. The first-order valence-corrected chi connectivity index (χ1v) is 8.11. The van der Waals surface area contributed by atoms with E-state index in [2.05, 4.69) is 32.3 Å². The molecular formula is C17H26N4O2. The molecule has 0 bridgehead atoms. The molecule has 0 radical (unpaired) electrons. The number of ether oxygens (including phenoxy) is 1. The van der Waals surface area contributed by atoms with Crippen LogP contribution in [0.3, 0.4) is 0 Å². The maximum absolute atomic E-state index is 11.8. The van der Waals surface area contributed by atoms with Gasteiger partial charge in [-0.25, -0.2) is 4.98 Å². The van der Waals surface area contributed by atoms with Crippen LogP contribution < -0.4 is 5.32 Å². The average Bonchev–Trinajstić information content (AvgIpc) is 3.01. The predicted molar refractivity (Wildman–Crippen MR) is 90.4 cm³/mol. The highest BCUT2D eigenvalue weighted by molar-refractivity contribution is 5.90. The van der Waals surface area contributed by atoms with Crippen LogP contribution in [0.15, 0.2) is 30.0 Å². The van der Waals surface area contributed by atoms with Crippen molar-refractivity contribution >= 4 is 5.91 Å². The van der Waals surface area contributed by atoms with Crippen LogP contribution in [0, 0.1) is 6.92 Å². The third-order valence-corrected chi connectivity index (χ3v) is 3.82. The summed E-state index contributed by atoms with van der Waals surface area (Å²) in [4.78, 5) is 21.2. The van der Waals surface area contributed by atoms with Gasteiger partial charge in [0.05, 0.1) is 18.9 Å². The van der Waals surface area contributed by atoms with Gasteiger partial charge in [0.15, 0.2) is 5.82 Å². The number of rotatable bonds is 7. The highest BCUT2D eigenvalue weighted by Gasteiger charge is 2.10. The smallest absolute Gasteiger partial charge is 0.287 e. The van der Waals surface area contributed by atoms with Crippen molar-refractivity contribution in [2.24, 2.45) is 0 Å². The Morgan fingerprint density at radius 2 is 2.26 bits per heavy atom. The van der Waals surface area contributed by atoms with Crippen LogP contribution in [0.2, 0.25) is 0 Å². The summed E-state index contributed by atoms with van der Waals surface area (Å²) in [7, 11) is 0. The molecular weight excluding hydrogens is 292 g/mol. The van der Waals surface area contributed by atoms with Crippen LogP contribution in [0.25, 0.3) is 0 Å². The number of hydrogen-bond donors (Lipinski definition) is 2. The van der Waals surface area contributed by atoms with E-state index < -0.39 is 0 Å². The fraction of sp³-hybridized carbons (Fsp3) is 0.529. The number of H-pyrrole nitrogens is 1. The predicted octanol–water partition coefficient (Wildman–Crippen LogP) is 1.67. The van der Waals surface area contributed by atoms with Gasteiger partial charge >= 0.3 is 0 Å². The van der Waals surface area contributed by atoms with Crippen molar-refractivity contribution < 1.29 is 9.53 Å². The molecule has 1 fully saturated rings. The van der Waals surface area contributed by atoms with Gasteiger partial charge in [-0.3, -0.25) is 9.69 Å². The quantitative estimate of drug-likeness (QED) is 0.750. The van der Waals surface area contributed by atoms with E-state index in [-0.39, 0.29) is 5.91 Å². The zero-order valence-corrected chi connectivity index (χ0v) is 14.0. The number of aromatic nitrogens is 2. The molecule has 6 nitrogen and oxygen atoms in total. The first-order chi connectivity index (χ1) is 11.2. The molecule has 126 valence electrons. The lowest BCUT2D eigenvalue weighted by molar-refractivity contribution is 0.0385. The number of morpholine rings is 1. The summed E-state index contributed by atoms with van der Waals surface area (Å²) in [6, 6.07) is 0. The Kier molecular flexibility index (Phi) is 7.03. The molecule has 2 rings (SSSR count). The first kappa shape index (κ1) is 17.4. The molecule has 6 heteroatoms. The molecule has 0 aliphatic carbocycles. The molecule has 23 heavy (non-hydrogen) atoms. The van der Waals surface area contributed by atoms with Crippen LogP contribution >= 0.6 is 0 Å². The van der Waals surface area contributed by atoms with E-state index in [0.29, 0.717) is 12.4 Å². The molecule has 1 aliphatic heterocycles. The van der Waals surface area contributed by atoms with Crippen molar-refractivity contribution in [1.82, 2.24) is 20.2 Å². The van der Waals surface area contributed by atoms with Gasteiger partial charge in [-0.05, 0) is 20.3 Å². The van der Waals surface area contributed by atoms with Gasteiger partial charge in [-0.1, -0.05) is 23.8 Å². The lowest BCUT2D eigenvalue weighted by Crippen LogP contribution is -2.36. The monoisotopic (exact) mass is 318 g/mol. The second kappa shape index (κ2) is 9.27. The summed E-state index contributed by atoms with van der Waals surface area (Å²) in [5, 5.41) is 2.82. The van der Waals surface area contributed by atoms with E-state index in [9.17, 15) is 4.79 Å². The molecule has 2 heterocycles.